The molecule has 4 heteroatoms. The van der Waals surface area contributed by atoms with Crippen molar-refractivity contribution in [3.05, 3.63) is 65.0 Å². The number of carbonyl (C=O) groups excluding carboxylic acids is 1. The van der Waals surface area contributed by atoms with E-state index in [1.165, 1.54) is 17.7 Å². The number of benzene rings is 2. The van der Waals surface area contributed by atoms with Gasteiger partial charge in [-0.05, 0) is 61.7 Å². The average Bonchev–Trinajstić information content (AvgIpc) is 2.50. The van der Waals surface area contributed by atoms with Crippen LogP contribution in [0.2, 0.25) is 0 Å². The van der Waals surface area contributed by atoms with E-state index in [0.29, 0.717) is 12.3 Å². The fraction of sp³-hybridized carbons (Fsp3) is 0.278. The molecule has 2 aromatic rings. The van der Waals surface area contributed by atoms with E-state index < -0.39 is 6.10 Å². The molecule has 0 aromatic heterocycles. The van der Waals surface area contributed by atoms with Gasteiger partial charge >= 0.3 is 0 Å². The normalized spacial score (nSPS) is 11.8. The van der Waals surface area contributed by atoms with Crippen molar-refractivity contribution < 1.29 is 13.9 Å². The second kappa shape index (κ2) is 7.07. The number of carbonyl (C=O) groups is 1. The van der Waals surface area contributed by atoms with Crippen molar-refractivity contribution in [2.75, 3.05) is 0 Å². The van der Waals surface area contributed by atoms with Crippen molar-refractivity contribution in [1.82, 2.24) is 5.32 Å². The smallest absolute Gasteiger partial charge is 0.261 e. The van der Waals surface area contributed by atoms with Crippen LogP contribution in [0.5, 0.6) is 5.75 Å². The van der Waals surface area contributed by atoms with Crippen LogP contribution in [0.4, 0.5) is 4.39 Å². The Balaban J connectivity index is 1.88. The van der Waals surface area contributed by atoms with E-state index >= 15 is 0 Å². The van der Waals surface area contributed by atoms with Gasteiger partial charge in [0.05, 0.1) is 0 Å². The summed E-state index contributed by atoms with van der Waals surface area (Å²) in [6, 6.07) is 11.8. The molecular formula is C18H20FNO2. The first-order valence-electron chi connectivity index (χ1n) is 7.22. The standard InChI is InChI=1S/C18H20FNO2/c1-12-4-9-17(10-13(12)2)22-14(3)18(21)20-11-15-5-7-16(19)8-6-15/h4-10,14H,11H2,1-3H3,(H,20,21). The Hall–Kier alpha value is -2.36. The highest BCUT2D eigenvalue weighted by molar-refractivity contribution is 5.80. The summed E-state index contributed by atoms with van der Waals surface area (Å²) in [5.74, 6) is 0.177. The van der Waals surface area contributed by atoms with Gasteiger partial charge in [-0.2, -0.15) is 0 Å². The van der Waals surface area contributed by atoms with Gasteiger partial charge in [0.1, 0.15) is 11.6 Å². The average molecular weight is 301 g/mol. The summed E-state index contributed by atoms with van der Waals surface area (Å²) in [7, 11) is 0. The minimum atomic E-state index is -0.595. The van der Waals surface area contributed by atoms with Gasteiger partial charge in [-0.15, -0.1) is 0 Å². The van der Waals surface area contributed by atoms with Crippen molar-refractivity contribution in [1.29, 1.82) is 0 Å². The minimum absolute atomic E-state index is 0.206. The lowest BCUT2D eigenvalue weighted by Crippen LogP contribution is -2.35. The molecule has 116 valence electrons. The zero-order chi connectivity index (χ0) is 16.1. The largest absolute Gasteiger partial charge is 0.481 e. The maximum Gasteiger partial charge on any atom is 0.261 e. The maximum absolute atomic E-state index is 12.8. The molecule has 0 bridgehead atoms. The van der Waals surface area contributed by atoms with E-state index in [0.717, 1.165) is 11.1 Å². The van der Waals surface area contributed by atoms with E-state index in [-0.39, 0.29) is 11.7 Å². The molecule has 0 radical (unpaired) electrons. The molecule has 1 N–H and O–H groups in total. The van der Waals surface area contributed by atoms with Crippen LogP contribution in [0.25, 0.3) is 0 Å². The molecule has 1 atom stereocenters. The number of hydrogen-bond acceptors (Lipinski definition) is 2. The Labute approximate surface area is 130 Å². The Morgan fingerprint density at radius 3 is 2.45 bits per heavy atom. The Bertz CT molecular complexity index is 653. The van der Waals surface area contributed by atoms with Crippen molar-refractivity contribution in [2.24, 2.45) is 0 Å². The Morgan fingerprint density at radius 2 is 1.82 bits per heavy atom. The zero-order valence-electron chi connectivity index (χ0n) is 13.0. The lowest BCUT2D eigenvalue weighted by atomic mass is 10.1. The molecule has 0 fully saturated rings. The molecule has 0 saturated heterocycles. The van der Waals surface area contributed by atoms with Gasteiger partial charge in [-0.3, -0.25) is 4.79 Å². The second-order valence-corrected chi connectivity index (χ2v) is 5.35. The molecule has 0 saturated carbocycles. The highest BCUT2D eigenvalue weighted by Crippen LogP contribution is 2.17. The third kappa shape index (κ3) is 4.32. The first kappa shape index (κ1) is 16.0. The zero-order valence-corrected chi connectivity index (χ0v) is 13.0. The molecule has 1 amide bonds. The van der Waals surface area contributed by atoms with Crippen LogP contribution in [0.15, 0.2) is 42.5 Å². The molecule has 1 unspecified atom stereocenters. The first-order chi connectivity index (χ1) is 10.5. The van der Waals surface area contributed by atoms with Crippen LogP contribution in [0, 0.1) is 19.7 Å². The van der Waals surface area contributed by atoms with Crippen molar-refractivity contribution in [3.63, 3.8) is 0 Å². The van der Waals surface area contributed by atoms with Gasteiger partial charge in [0.25, 0.3) is 5.91 Å². The number of amides is 1. The molecule has 0 aliphatic rings. The number of aryl methyl sites for hydroxylation is 2. The van der Waals surface area contributed by atoms with Crippen LogP contribution < -0.4 is 10.1 Å². The molecule has 2 aromatic carbocycles. The predicted molar refractivity (Wildman–Crippen MR) is 84.3 cm³/mol. The molecule has 0 spiro atoms. The highest BCUT2D eigenvalue weighted by Gasteiger charge is 2.14. The number of hydrogen-bond donors (Lipinski definition) is 1. The molecule has 2 rings (SSSR count). The summed E-state index contributed by atoms with van der Waals surface area (Å²) in [5, 5.41) is 2.78. The Kier molecular flexibility index (Phi) is 5.15. The monoisotopic (exact) mass is 301 g/mol. The lowest BCUT2D eigenvalue weighted by molar-refractivity contribution is -0.127. The van der Waals surface area contributed by atoms with Gasteiger partial charge in [0.15, 0.2) is 6.10 Å². The SMILES string of the molecule is Cc1ccc(OC(C)C(=O)NCc2ccc(F)cc2)cc1C. The molecule has 3 nitrogen and oxygen atoms in total. The van der Waals surface area contributed by atoms with Crippen LogP contribution >= 0.6 is 0 Å². The van der Waals surface area contributed by atoms with Crippen molar-refractivity contribution >= 4 is 5.91 Å². The number of nitrogens with one attached hydrogen (secondary N) is 1. The quantitative estimate of drug-likeness (QED) is 0.917. The number of halogens is 1. The van der Waals surface area contributed by atoms with Crippen molar-refractivity contribution in [3.8, 4) is 5.75 Å². The van der Waals surface area contributed by atoms with Gasteiger partial charge in [-0.25, -0.2) is 4.39 Å². The summed E-state index contributed by atoms with van der Waals surface area (Å²) >= 11 is 0. The van der Waals surface area contributed by atoms with Gasteiger partial charge in [0.2, 0.25) is 0 Å². The molecule has 22 heavy (non-hydrogen) atoms. The van der Waals surface area contributed by atoms with Gasteiger partial charge in [0, 0.05) is 6.54 Å². The third-order valence-corrected chi connectivity index (χ3v) is 3.54. The van der Waals surface area contributed by atoms with E-state index in [1.54, 1.807) is 19.1 Å². The topological polar surface area (TPSA) is 38.3 Å². The fourth-order valence-corrected chi connectivity index (χ4v) is 1.98. The number of ether oxygens (including phenoxy) is 1. The van der Waals surface area contributed by atoms with Crippen LogP contribution in [-0.2, 0) is 11.3 Å². The third-order valence-electron chi connectivity index (χ3n) is 3.54. The van der Waals surface area contributed by atoms with Crippen molar-refractivity contribution in [2.45, 2.75) is 33.4 Å². The van der Waals surface area contributed by atoms with Gasteiger partial charge < -0.3 is 10.1 Å². The van der Waals surface area contributed by atoms with E-state index in [1.807, 2.05) is 32.0 Å². The van der Waals surface area contributed by atoms with Crippen LogP contribution in [0.1, 0.15) is 23.6 Å². The number of rotatable bonds is 5. The molecule has 0 heterocycles. The lowest BCUT2D eigenvalue weighted by Gasteiger charge is -2.15. The summed E-state index contributed by atoms with van der Waals surface area (Å²) in [6.07, 6.45) is -0.595. The van der Waals surface area contributed by atoms with E-state index in [4.69, 9.17) is 4.74 Å². The molecule has 0 aliphatic carbocycles. The van der Waals surface area contributed by atoms with Gasteiger partial charge in [-0.1, -0.05) is 18.2 Å². The second-order valence-electron chi connectivity index (χ2n) is 5.35. The summed E-state index contributed by atoms with van der Waals surface area (Å²) in [4.78, 5) is 12.0. The first-order valence-corrected chi connectivity index (χ1v) is 7.22. The Morgan fingerprint density at radius 1 is 1.14 bits per heavy atom. The summed E-state index contributed by atoms with van der Waals surface area (Å²) < 4.78 is 18.5. The van der Waals surface area contributed by atoms with E-state index in [2.05, 4.69) is 5.32 Å². The molecular weight excluding hydrogens is 281 g/mol. The minimum Gasteiger partial charge on any atom is -0.481 e. The summed E-state index contributed by atoms with van der Waals surface area (Å²) in [5.41, 5.74) is 3.14. The summed E-state index contributed by atoms with van der Waals surface area (Å²) in [6.45, 7) is 6.08. The van der Waals surface area contributed by atoms with Crippen LogP contribution in [-0.4, -0.2) is 12.0 Å². The van der Waals surface area contributed by atoms with E-state index in [9.17, 15) is 9.18 Å². The molecule has 0 aliphatic heterocycles. The highest BCUT2D eigenvalue weighted by atomic mass is 19.1. The predicted octanol–water partition coefficient (Wildman–Crippen LogP) is 3.53. The van der Waals surface area contributed by atoms with Crippen LogP contribution in [0.3, 0.4) is 0 Å². The fourth-order valence-electron chi connectivity index (χ4n) is 1.98. The maximum atomic E-state index is 12.8.